The van der Waals surface area contributed by atoms with Crippen LogP contribution in [-0.4, -0.2) is 9.78 Å². The van der Waals surface area contributed by atoms with Crippen LogP contribution in [0.2, 0.25) is 0 Å². The first-order valence-corrected chi connectivity index (χ1v) is 5.49. The summed E-state index contributed by atoms with van der Waals surface area (Å²) in [5.74, 6) is 0.348. The topological polar surface area (TPSA) is 27.1 Å². The summed E-state index contributed by atoms with van der Waals surface area (Å²) < 4.78 is 20.7. The van der Waals surface area contributed by atoms with E-state index >= 15 is 0 Å². The van der Waals surface area contributed by atoms with Crippen molar-refractivity contribution in [3.8, 4) is 11.5 Å². The normalized spacial score (nSPS) is 10.8. The molecule has 18 heavy (non-hydrogen) atoms. The highest BCUT2D eigenvalue weighted by molar-refractivity contribution is 5.80. The fraction of sp³-hybridized carbons (Fsp3) is 0.0714. The van der Waals surface area contributed by atoms with Gasteiger partial charge in [-0.15, -0.1) is 0 Å². The van der Waals surface area contributed by atoms with Gasteiger partial charge in [0.15, 0.2) is 11.6 Å². The van der Waals surface area contributed by atoms with Crippen molar-refractivity contribution in [3.05, 3.63) is 54.5 Å². The fourth-order valence-corrected chi connectivity index (χ4v) is 1.81. The van der Waals surface area contributed by atoms with Gasteiger partial charge >= 0.3 is 0 Å². The third kappa shape index (κ3) is 1.82. The maximum atomic E-state index is 13.4. The van der Waals surface area contributed by atoms with Crippen LogP contribution in [0.1, 0.15) is 0 Å². The van der Waals surface area contributed by atoms with Crippen LogP contribution in [0.5, 0.6) is 11.5 Å². The van der Waals surface area contributed by atoms with Gasteiger partial charge < -0.3 is 4.74 Å². The maximum Gasteiger partial charge on any atom is 0.166 e. The number of hydrogen-bond acceptors (Lipinski definition) is 2. The fourth-order valence-electron chi connectivity index (χ4n) is 1.81. The second kappa shape index (κ2) is 4.14. The van der Waals surface area contributed by atoms with Crippen LogP contribution in [0.25, 0.3) is 10.9 Å². The van der Waals surface area contributed by atoms with Gasteiger partial charge in [0.25, 0.3) is 0 Å². The minimum atomic E-state index is -0.427. The smallest absolute Gasteiger partial charge is 0.166 e. The molecule has 1 heterocycles. The van der Waals surface area contributed by atoms with E-state index in [0.717, 1.165) is 10.9 Å². The molecule has 0 N–H and O–H groups in total. The molecular weight excluding hydrogens is 231 g/mol. The molecule has 0 aliphatic heterocycles. The van der Waals surface area contributed by atoms with Gasteiger partial charge in [0.1, 0.15) is 5.75 Å². The van der Waals surface area contributed by atoms with E-state index in [2.05, 4.69) is 11.2 Å². The largest absolute Gasteiger partial charge is 0.454 e. The van der Waals surface area contributed by atoms with E-state index in [0.29, 0.717) is 5.75 Å². The van der Waals surface area contributed by atoms with Crippen LogP contribution in [0.3, 0.4) is 0 Å². The summed E-state index contributed by atoms with van der Waals surface area (Å²) in [6.07, 6.45) is 1.75. The number of benzene rings is 2. The first kappa shape index (κ1) is 10.8. The van der Waals surface area contributed by atoms with E-state index in [9.17, 15) is 4.39 Å². The lowest BCUT2D eigenvalue weighted by Crippen LogP contribution is -1.90. The predicted molar refractivity (Wildman–Crippen MR) is 66.0 cm³/mol. The molecular formula is C14H10FN2O. The lowest BCUT2D eigenvalue weighted by molar-refractivity contribution is 0.443. The van der Waals surface area contributed by atoms with Gasteiger partial charge in [0.05, 0.1) is 11.7 Å². The molecule has 0 saturated heterocycles. The van der Waals surface area contributed by atoms with Gasteiger partial charge in [0.2, 0.25) is 0 Å². The number of hydrogen-bond donors (Lipinski definition) is 0. The zero-order chi connectivity index (χ0) is 12.5. The monoisotopic (exact) mass is 241 g/mol. The average Bonchev–Trinajstić information content (AvgIpc) is 2.74. The number of aryl methyl sites for hydroxylation is 1. The third-order valence-corrected chi connectivity index (χ3v) is 2.72. The minimum Gasteiger partial charge on any atom is -0.454 e. The van der Waals surface area contributed by atoms with Gasteiger partial charge in [-0.2, -0.15) is 5.10 Å². The molecule has 3 nitrogen and oxygen atoms in total. The molecule has 89 valence electrons. The molecule has 0 spiro atoms. The van der Waals surface area contributed by atoms with E-state index in [4.69, 9.17) is 4.74 Å². The molecule has 3 aromatic rings. The van der Waals surface area contributed by atoms with Gasteiger partial charge in [-0.1, -0.05) is 6.07 Å². The summed E-state index contributed by atoms with van der Waals surface area (Å²) in [6, 6.07) is 12.6. The highest BCUT2D eigenvalue weighted by Gasteiger charge is 2.05. The van der Waals surface area contributed by atoms with E-state index in [1.807, 2.05) is 19.2 Å². The van der Waals surface area contributed by atoms with E-state index < -0.39 is 5.82 Å². The van der Waals surface area contributed by atoms with E-state index in [1.165, 1.54) is 6.07 Å². The molecule has 0 aliphatic rings. The van der Waals surface area contributed by atoms with Crippen molar-refractivity contribution in [2.24, 2.45) is 7.05 Å². The van der Waals surface area contributed by atoms with Crippen molar-refractivity contribution in [3.63, 3.8) is 0 Å². The van der Waals surface area contributed by atoms with Crippen LogP contribution in [0, 0.1) is 11.9 Å². The van der Waals surface area contributed by atoms with Crippen LogP contribution < -0.4 is 4.74 Å². The molecule has 1 radical (unpaired) electrons. The van der Waals surface area contributed by atoms with Crippen molar-refractivity contribution in [1.82, 2.24) is 9.78 Å². The Morgan fingerprint density at radius 2 is 2.22 bits per heavy atom. The van der Waals surface area contributed by atoms with Crippen molar-refractivity contribution < 1.29 is 9.13 Å². The highest BCUT2D eigenvalue weighted by Crippen LogP contribution is 2.26. The summed E-state index contributed by atoms with van der Waals surface area (Å²) in [4.78, 5) is 0. The van der Waals surface area contributed by atoms with Crippen molar-refractivity contribution in [1.29, 1.82) is 0 Å². The Morgan fingerprint density at radius 3 is 3.06 bits per heavy atom. The molecule has 0 aliphatic carbocycles. The van der Waals surface area contributed by atoms with Crippen LogP contribution >= 0.6 is 0 Å². The van der Waals surface area contributed by atoms with Gasteiger partial charge in [-0.3, -0.25) is 4.68 Å². The van der Waals surface area contributed by atoms with Gasteiger partial charge in [-0.25, -0.2) is 4.39 Å². The van der Waals surface area contributed by atoms with Gasteiger partial charge in [-0.05, 0) is 36.4 Å². The number of nitrogens with zero attached hydrogens (tertiary/aromatic N) is 2. The van der Waals surface area contributed by atoms with Crippen LogP contribution in [0.15, 0.2) is 42.6 Å². The number of ether oxygens (including phenoxy) is 1. The van der Waals surface area contributed by atoms with E-state index in [1.54, 1.807) is 29.1 Å². The molecule has 0 atom stereocenters. The molecule has 0 unspecified atom stereocenters. The molecule has 0 bridgehead atoms. The molecule has 2 aromatic carbocycles. The predicted octanol–water partition coefficient (Wildman–Crippen LogP) is 3.30. The number of rotatable bonds is 2. The lowest BCUT2D eigenvalue weighted by atomic mass is 10.2. The molecule has 4 heteroatoms. The number of fused-ring (bicyclic) bond motifs is 1. The quantitative estimate of drug-likeness (QED) is 0.688. The van der Waals surface area contributed by atoms with Crippen molar-refractivity contribution >= 4 is 10.9 Å². The molecule has 3 rings (SSSR count). The summed E-state index contributed by atoms with van der Waals surface area (Å²) in [5.41, 5.74) is 1.00. The standard InChI is InChI=1S/C14H10FN2O/c1-17-13-7-6-11(8-10(13)9-16-17)18-14-5-3-2-4-12(14)15/h3-9H,1H3. The second-order valence-electron chi connectivity index (χ2n) is 3.95. The Hall–Kier alpha value is -2.36. The minimum absolute atomic E-state index is 0.192. The highest BCUT2D eigenvalue weighted by atomic mass is 19.1. The summed E-state index contributed by atoms with van der Waals surface area (Å²) >= 11 is 0. The maximum absolute atomic E-state index is 13.4. The van der Waals surface area contributed by atoms with Crippen LogP contribution in [-0.2, 0) is 7.05 Å². The summed E-state index contributed by atoms with van der Waals surface area (Å²) in [6.45, 7) is 0. The Kier molecular flexibility index (Phi) is 2.48. The van der Waals surface area contributed by atoms with Crippen molar-refractivity contribution in [2.45, 2.75) is 0 Å². The van der Waals surface area contributed by atoms with Crippen LogP contribution in [0.4, 0.5) is 4.39 Å². The summed E-state index contributed by atoms with van der Waals surface area (Å²) in [7, 11) is 1.87. The SMILES string of the molecule is Cn1ncc2cc(Oc3cc[c]cc3F)ccc21. The van der Waals surface area contributed by atoms with E-state index in [-0.39, 0.29) is 5.75 Å². The second-order valence-corrected chi connectivity index (χ2v) is 3.95. The molecule has 0 fully saturated rings. The number of aromatic nitrogens is 2. The van der Waals surface area contributed by atoms with Crippen molar-refractivity contribution in [2.75, 3.05) is 0 Å². The first-order valence-electron chi connectivity index (χ1n) is 5.49. The Morgan fingerprint density at radius 1 is 1.33 bits per heavy atom. The zero-order valence-corrected chi connectivity index (χ0v) is 9.72. The van der Waals surface area contributed by atoms with Gasteiger partial charge in [0, 0.05) is 12.4 Å². The number of halogens is 1. The lowest BCUT2D eigenvalue weighted by Gasteiger charge is -2.06. The molecule has 1 aromatic heterocycles. The zero-order valence-electron chi connectivity index (χ0n) is 9.72. The Bertz CT molecular complexity index is 706. The third-order valence-electron chi connectivity index (χ3n) is 2.72. The first-order chi connectivity index (χ1) is 8.74. The summed E-state index contributed by atoms with van der Waals surface area (Å²) in [5, 5.41) is 5.10. The average molecular weight is 241 g/mol. The Balaban J connectivity index is 1.98. The molecule has 0 saturated carbocycles. The molecule has 0 amide bonds. The Labute approximate surface area is 103 Å².